The predicted octanol–water partition coefficient (Wildman–Crippen LogP) is 3.90. The molecule has 0 spiro atoms. The topological polar surface area (TPSA) is 90.1 Å². The molecule has 2 heterocycles. The van der Waals surface area contributed by atoms with Crippen molar-refractivity contribution in [1.82, 2.24) is 15.1 Å². The number of carbonyl (C=O) groups is 2. The zero-order chi connectivity index (χ0) is 19.4. The first-order valence-corrected chi connectivity index (χ1v) is 9.40. The van der Waals surface area contributed by atoms with Gasteiger partial charge in [0.25, 0.3) is 0 Å². The highest BCUT2D eigenvalue weighted by molar-refractivity contribution is 5.90. The molecule has 7 heteroatoms. The summed E-state index contributed by atoms with van der Waals surface area (Å²) in [6, 6.07) is 7.88. The maximum Gasteiger partial charge on any atom is 0.321 e. The molecular weight excluding hydrogens is 342 g/mol. The maximum absolute atomic E-state index is 12.7. The summed E-state index contributed by atoms with van der Waals surface area (Å²) in [5, 5.41) is 12.8. The first kappa shape index (κ1) is 18.9. The minimum Gasteiger partial charge on any atom is -0.324 e. The van der Waals surface area contributed by atoms with Gasteiger partial charge in [-0.1, -0.05) is 26.0 Å². The normalized spacial score (nSPS) is 17.0. The molecule has 144 valence electrons. The van der Waals surface area contributed by atoms with Crippen LogP contribution in [0.2, 0.25) is 0 Å². The number of amides is 3. The van der Waals surface area contributed by atoms with E-state index in [0.717, 1.165) is 30.8 Å². The summed E-state index contributed by atoms with van der Waals surface area (Å²) in [4.78, 5) is 25.9. The lowest BCUT2D eigenvalue weighted by molar-refractivity contribution is -0.114. The van der Waals surface area contributed by atoms with Crippen LogP contribution in [0.3, 0.4) is 0 Å². The Morgan fingerprint density at radius 2 is 1.96 bits per heavy atom. The molecule has 1 saturated heterocycles. The molecular formula is C20H27N5O2. The van der Waals surface area contributed by atoms with Crippen molar-refractivity contribution in [2.45, 2.75) is 45.4 Å². The molecule has 3 N–H and O–H groups in total. The van der Waals surface area contributed by atoms with Crippen molar-refractivity contribution in [1.29, 1.82) is 0 Å². The van der Waals surface area contributed by atoms with Crippen LogP contribution in [0.1, 0.15) is 56.7 Å². The largest absolute Gasteiger partial charge is 0.324 e. The van der Waals surface area contributed by atoms with Crippen molar-refractivity contribution >= 4 is 23.3 Å². The lowest BCUT2D eigenvalue weighted by atomic mass is 9.94. The Balaban J connectivity index is 1.64. The van der Waals surface area contributed by atoms with Gasteiger partial charge in [-0.25, -0.2) is 4.79 Å². The molecule has 0 aliphatic carbocycles. The van der Waals surface area contributed by atoms with E-state index in [1.807, 2.05) is 29.2 Å². The van der Waals surface area contributed by atoms with Gasteiger partial charge in [0.05, 0.1) is 17.6 Å². The molecule has 0 saturated carbocycles. The van der Waals surface area contributed by atoms with E-state index in [1.165, 1.54) is 12.5 Å². The molecule has 3 rings (SSSR count). The van der Waals surface area contributed by atoms with Gasteiger partial charge >= 0.3 is 6.03 Å². The van der Waals surface area contributed by atoms with Gasteiger partial charge in [-0.05, 0) is 36.5 Å². The number of nitrogens with one attached hydrogen (secondary N) is 3. The number of aromatic nitrogens is 2. The number of hydrogen-bond donors (Lipinski definition) is 3. The number of urea groups is 1. The van der Waals surface area contributed by atoms with Crippen molar-refractivity contribution in [3.8, 4) is 0 Å². The second kappa shape index (κ2) is 8.24. The second-order valence-corrected chi connectivity index (χ2v) is 7.37. The maximum atomic E-state index is 12.7. The van der Waals surface area contributed by atoms with Crippen molar-refractivity contribution < 1.29 is 9.59 Å². The van der Waals surface area contributed by atoms with Crippen LogP contribution in [-0.2, 0) is 4.79 Å². The van der Waals surface area contributed by atoms with Gasteiger partial charge in [-0.2, -0.15) is 5.10 Å². The highest BCUT2D eigenvalue weighted by atomic mass is 16.2. The van der Waals surface area contributed by atoms with Gasteiger partial charge in [-0.15, -0.1) is 0 Å². The monoisotopic (exact) mass is 369 g/mol. The molecule has 27 heavy (non-hydrogen) atoms. The fraction of sp³-hybridized carbons (Fsp3) is 0.450. The summed E-state index contributed by atoms with van der Waals surface area (Å²) in [5.41, 5.74) is 3.62. The summed E-state index contributed by atoms with van der Waals surface area (Å²) < 4.78 is 0. The van der Waals surface area contributed by atoms with Crippen LogP contribution in [0.15, 0.2) is 30.5 Å². The Hall–Kier alpha value is -2.83. The van der Waals surface area contributed by atoms with E-state index >= 15 is 0 Å². The third kappa shape index (κ3) is 4.67. The molecule has 7 nitrogen and oxygen atoms in total. The zero-order valence-corrected chi connectivity index (χ0v) is 16.1. The van der Waals surface area contributed by atoms with Crippen LogP contribution in [0.25, 0.3) is 0 Å². The molecule has 1 aliphatic rings. The SMILES string of the molecule is CC(=O)Nc1cn[nH]c1C1CCCN(C(=O)Nc2ccc(C(C)C)cc2)C1. The fourth-order valence-corrected chi connectivity index (χ4v) is 3.45. The number of carbonyl (C=O) groups excluding carboxylic acids is 2. The first-order valence-electron chi connectivity index (χ1n) is 9.40. The number of H-pyrrole nitrogens is 1. The average molecular weight is 369 g/mol. The van der Waals surface area contributed by atoms with E-state index in [1.54, 1.807) is 6.20 Å². The van der Waals surface area contributed by atoms with E-state index in [9.17, 15) is 9.59 Å². The number of piperidine rings is 1. The van der Waals surface area contributed by atoms with E-state index in [4.69, 9.17) is 0 Å². The molecule has 0 radical (unpaired) electrons. The van der Waals surface area contributed by atoms with Gasteiger partial charge in [0.1, 0.15) is 0 Å². The molecule has 1 aromatic heterocycles. The third-order valence-corrected chi connectivity index (χ3v) is 4.92. The standard InChI is InChI=1S/C20H27N5O2/c1-13(2)15-6-8-17(9-7-15)23-20(27)25-10-4-5-16(12-25)19-18(11-21-24-19)22-14(3)26/h6-9,11,13,16H,4-5,10,12H2,1-3H3,(H,21,24)(H,22,26)(H,23,27). The van der Waals surface area contributed by atoms with Crippen LogP contribution < -0.4 is 10.6 Å². The van der Waals surface area contributed by atoms with Crippen molar-refractivity contribution in [3.05, 3.63) is 41.7 Å². The molecule has 0 bridgehead atoms. The smallest absolute Gasteiger partial charge is 0.321 e. The summed E-state index contributed by atoms with van der Waals surface area (Å²) in [6.45, 7) is 7.07. The lowest BCUT2D eigenvalue weighted by Gasteiger charge is -2.32. The third-order valence-electron chi connectivity index (χ3n) is 4.92. The minimum absolute atomic E-state index is 0.0995. The highest BCUT2D eigenvalue weighted by Gasteiger charge is 2.27. The summed E-state index contributed by atoms with van der Waals surface area (Å²) >= 11 is 0. The van der Waals surface area contributed by atoms with Gasteiger partial charge in [0.15, 0.2) is 0 Å². The Morgan fingerprint density at radius 3 is 2.63 bits per heavy atom. The van der Waals surface area contributed by atoms with Crippen LogP contribution in [0.4, 0.5) is 16.2 Å². The van der Waals surface area contributed by atoms with Crippen LogP contribution >= 0.6 is 0 Å². The first-order chi connectivity index (χ1) is 12.9. The number of nitrogens with zero attached hydrogens (tertiary/aromatic N) is 2. The predicted molar refractivity (Wildman–Crippen MR) is 106 cm³/mol. The van der Waals surface area contributed by atoms with E-state index < -0.39 is 0 Å². The Bertz CT molecular complexity index is 797. The van der Waals surface area contributed by atoms with E-state index in [0.29, 0.717) is 18.2 Å². The molecule has 1 aromatic carbocycles. The van der Waals surface area contributed by atoms with Crippen LogP contribution in [0, 0.1) is 0 Å². The van der Waals surface area contributed by atoms with Crippen molar-refractivity contribution in [2.24, 2.45) is 0 Å². The number of aromatic amines is 1. The molecule has 1 atom stereocenters. The number of benzene rings is 1. The molecule has 1 aliphatic heterocycles. The summed E-state index contributed by atoms with van der Waals surface area (Å²) in [5.74, 6) is 0.454. The highest BCUT2D eigenvalue weighted by Crippen LogP contribution is 2.30. The Labute approximate surface area is 159 Å². The Kier molecular flexibility index (Phi) is 5.78. The lowest BCUT2D eigenvalue weighted by Crippen LogP contribution is -2.41. The van der Waals surface area contributed by atoms with Crippen LogP contribution in [-0.4, -0.2) is 40.1 Å². The molecule has 3 amide bonds. The molecule has 1 unspecified atom stereocenters. The molecule has 2 aromatic rings. The van der Waals surface area contributed by atoms with Gasteiger partial charge < -0.3 is 15.5 Å². The van der Waals surface area contributed by atoms with Gasteiger partial charge in [0, 0.05) is 31.6 Å². The minimum atomic E-state index is -0.132. The number of rotatable bonds is 4. The van der Waals surface area contributed by atoms with Gasteiger partial charge in [0.2, 0.25) is 5.91 Å². The van der Waals surface area contributed by atoms with E-state index in [2.05, 4.69) is 34.7 Å². The fourth-order valence-electron chi connectivity index (χ4n) is 3.45. The quantitative estimate of drug-likeness (QED) is 0.763. The second-order valence-electron chi connectivity index (χ2n) is 7.37. The number of likely N-dealkylation sites (tertiary alicyclic amines) is 1. The number of hydrogen-bond acceptors (Lipinski definition) is 3. The molecule has 1 fully saturated rings. The summed E-state index contributed by atoms with van der Waals surface area (Å²) in [7, 11) is 0. The number of anilines is 2. The van der Waals surface area contributed by atoms with Crippen molar-refractivity contribution in [3.63, 3.8) is 0 Å². The Morgan fingerprint density at radius 1 is 1.22 bits per heavy atom. The van der Waals surface area contributed by atoms with Gasteiger partial charge in [-0.3, -0.25) is 9.89 Å². The summed E-state index contributed by atoms with van der Waals surface area (Å²) in [6.07, 6.45) is 3.47. The van der Waals surface area contributed by atoms with Crippen molar-refractivity contribution in [2.75, 3.05) is 23.7 Å². The zero-order valence-electron chi connectivity index (χ0n) is 16.1. The van der Waals surface area contributed by atoms with E-state index in [-0.39, 0.29) is 17.9 Å². The van der Waals surface area contributed by atoms with Crippen LogP contribution in [0.5, 0.6) is 0 Å². The average Bonchev–Trinajstić information content (AvgIpc) is 3.09.